The molecule has 0 amide bonds. The molecule has 1 aromatic heterocycles. The third kappa shape index (κ3) is 3.13. The van der Waals surface area contributed by atoms with Gasteiger partial charge >= 0.3 is 0 Å². The first-order valence-corrected chi connectivity index (χ1v) is 7.79. The van der Waals surface area contributed by atoms with E-state index in [2.05, 4.69) is 45.9 Å². The molecule has 1 aliphatic rings. The van der Waals surface area contributed by atoms with Gasteiger partial charge < -0.3 is 15.2 Å². The fourth-order valence-electron chi connectivity index (χ4n) is 2.77. The molecule has 2 aromatic rings. The second-order valence-electron chi connectivity index (χ2n) is 5.88. The topological polar surface area (TPSA) is 71.4 Å². The average Bonchev–Trinajstić information content (AvgIpc) is 3.04. The van der Waals surface area contributed by atoms with Crippen LogP contribution < -0.4 is 10.6 Å². The van der Waals surface area contributed by atoms with Crippen LogP contribution in [-0.4, -0.2) is 47.3 Å². The van der Waals surface area contributed by atoms with Gasteiger partial charge in [-0.05, 0) is 38.1 Å². The second-order valence-corrected chi connectivity index (χ2v) is 5.88. The maximum Gasteiger partial charge on any atom is 0.240 e. The highest BCUT2D eigenvalue weighted by Gasteiger charge is 2.19. The Morgan fingerprint density at radius 1 is 1.14 bits per heavy atom. The number of nitrogens with two attached hydrogens (primary N) is 1. The average molecular weight is 301 g/mol. The van der Waals surface area contributed by atoms with Gasteiger partial charge in [-0.1, -0.05) is 5.16 Å². The Hall–Kier alpha value is -1.92. The minimum atomic E-state index is 0.269. The molecule has 1 aromatic carbocycles. The van der Waals surface area contributed by atoms with E-state index in [-0.39, 0.29) is 6.54 Å². The van der Waals surface area contributed by atoms with E-state index >= 15 is 0 Å². The van der Waals surface area contributed by atoms with E-state index in [0.29, 0.717) is 17.8 Å². The first kappa shape index (κ1) is 15.0. The van der Waals surface area contributed by atoms with E-state index in [1.807, 2.05) is 12.1 Å². The minimum absolute atomic E-state index is 0.269. The van der Waals surface area contributed by atoms with Crippen LogP contribution in [0.2, 0.25) is 0 Å². The zero-order chi connectivity index (χ0) is 15.5. The zero-order valence-corrected chi connectivity index (χ0v) is 13.2. The lowest BCUT2D eigenvalue weighted by atomic mass is 10.1. The van der Waals surface area contributed by atoms with Gasteiger partial charge in [0, 0.05) is 43.5 Å². The van der Waals surface area contributed by atoms with Crippen molar-refractivity contribution < 1.29 is 4.52 Å². The molecule has 1 fully saturated rings. The van der Waals surface area contributed by atoms with Crippen molar-refractivity contribution in [2.75, 3.05) is 31.1 Å². The Morgan fingerprint density at radius 2 is 1.82 bits per heavy atom. The van der Waals surface area contributed by atoms with Crippen LogP contribution in [0.5, 0.6) is 0 Å². The van der Waals surface area contributed by atoms with E-state index in [4.69, 9.17) is 10.3 Å². The fraction of sp³-hybridized carbons (Fsp3) is 0.500. The van der Waals surface area contributed by atoms with Crippen molar-refractivity contribution in [1.29, 1.82) is 0 Å². The van der Waals surface area contributed by atoms with Gasteiger partial charge in [0.05, 0.1) is 6.54 Å². The lowest BCUT2D eigenvalue weighted by Gasteiger charge is -2.38. The molecule has 0 spiro atoms. The molecule has 6 nitrogen and oxygen atoms in total. The van der Waals surface area contributed by atoms with Gasteiger partial charge in [-0.25, -0.2) is 0 Å². The molecule has 0 saturated carbocycles. The van der Waals surface area contributed by atoms with E-state index in [1.165, 1.54) is 5.69 Å². The molecule has 2 N–H and O–H groups in total. The van der Waals surface area contributed by atoms with E-state index in [1.54, 1.807) is 0 Å². The van der Waals surface area contributed by atoms with Crippen LogP contribution in [-0.2, 0) is 6.54 Å². The van der Waals surface area contributed by atoms with E-state index in [0.717, 1.165) is 31.7 Å². The summed E-state index contributed by atoms with van der Waals surface area (Å²) in [6, 6.07) is 8.95. The van der Waals surface area contributed by atoms with Gasteiger partial charge in [-0.3, -0.25) is 4.90 Å². The van der Waals surface area contributed by atoms with E-state index < -0.39 is 0 Å². The Labute approximate surface area is 130 Å². The standard InChI is InChI=1S/C16H23N5O/c1-12(2)20-7-9-21(10-8-20)14-5-3-13(4-6-14)16-18-15(11-17)22-19-16/h3-6,12H,7-11,17H2,1-2H3. The molecule has 1 aliphatic heterocycles. The molecule has 0 atom stereocenters. The van der Waals surface area contributed by atoms with Crippen LogP contribution in [0.1, 0.15) is 19.7 Å². The summed E-state index contributed by atoms with van der Waals surface area (Å²) in [7, 11) is 0. The predicted molar refractivity (Wildman–Crippen MR) is 86.5 cm³/mol. The third-order valence-electron chi connectivity index (χ3n) is 4.18. The van der Waals surface area contributed by atoms with Crippen molar-refractivity contribution in [3.63, 3.8) is 0 Å². The normalized spacial score (nSPS) is 16.5. The zero-order valence-electron chi connectivity index (χ0n) is 13.2. The van der Waals surface area contributed by atoms with Gasteiger partial charge in [0.25, 0.3) is 0 Å². The summed E-state index contributed by atoms with van der Waals surface area (Å²) in [6.07, 6.45) is 0. The summed E-state index contributed by atoms with van der Waals surface area (Å²) >= 11 is 0. The van der Waals surface area contributed by atoms with Gasteiger partial charge in [0.1, 0.15) is 0 Å². The summed E-state index contributed by atoms with van der Waals surface area (Å²) in [5.41, 5.74) is 7.69. The number of benzene rings is 1. The second kappa shape index (κ2) is 6.46. The minimum Gasteiger partial charge on any atom is -0.369 e. The van der Waals surface area contributed by atoms with Crippen molar-refractivity contribution in [3.05, 3.63) is 30.2 Å². The molecular weight excluding hydrogens is 278 g/mol. The quantitative estimate of drug-likeness (QED) is 0.927. The molecule has 0 unspecified atom stereocenters. The fourth-order valence-corrected chi connectivity index (χ4v) is 2.77. The first-order chi connectivity index (χ1) is 10.7. The number of hydrogen-bond donors (Lipinski definition) is 1. The van der Waals surface area contributed by atoms with E-state index in [9.17, 15) is 0 Å². The van der Waals surface area contributed by atoms with Crippen LogP contribution >= 0.6 is 0 Å². The number of nitrogens with zero attached hydrogens (tertiary/aromatic N) is 4. The van der Waals surface area contributed by atoms with Crippen LogP contribution in [0.3, 0.4) is 0 Å². The molecule has 3 rings (SSSR count). The van der Waals surface area contributed by atoms with Crippen LogP contribution in [0, 0.1) is 0 Å². The molecule has 118 valence electrons. The molecule has 1 saturated heterocycles. The van der Waals surface area contributed by atoms with Crippen molar-refractivity contribution in [3.8, 4) is 11.4 Å². The van der Waals surface area contributed by atoms with Gasteiger partial charge in [0.15, 0.2) is 0 Å². The molecule has 0 bridgehead atoms. The molecule has 0 radical (unpaired) electrons. The van der Waals surface area contributed by atoms with Crippen molar-refractivity contribution in [2.45, 2.75) is 26.4 Å². The highest BCUT2D eigenvalue weighted by atomic mass is 16.5. The number of rotatable bonds is 4. The Bertz CT molecular complexity index is 599. The maximum atomic E-state index is 5.49. The number of aromatic nitrogens is 2. The number of hydrogen-bond acceptors (Lipinski definition) is 6. The summed E-state index contributed by atoms with van der Waals surface area (Å²) in [6.45, 7) is 9.14. The smallest absolute Gasteiger partial charge is 0.240 e. The molecule has 2 heterocycles. The monoisotopic (exact) mass is 301 g/mol. The highest BCUT2D eigenvalue weighted by Crippen LogP contribution is 2.22. The van der Waals surface area contributed by atoms with Gasteiger partial charge in [-0.2, -0.15) is 4.98 Å². The Kier molecular flexibility index (Phi) is 4.40. The first-order valence-electron chi connectivity index (χ1n) is 7.79. The molecular formula is C16H23N5O. The van der Waals surface area contributed by atoms with Gasteiger partial charge in [-0.15, -0.1) is 0 Å². The lowest BCUT2D eigenvalue weighted by molar-refractivity contribution is 0.209. The SMILES string of the molecule is CC(C)N1CCN(c2ccc(-c3noc(CN)n3)cc2)CC1. The van der Waals surface area contributed by atoms with Crippen LogP contribution in [0.4, 0.5) is 5.69 Å². The van der Waals surface area contributed by atoms with Crippen LogP contribution in [0.15, 0.2) is 28.8 Å². The summed E-state index contributed by atoms with van der Waals surface area (Å²) in [4.78, 5) is 9.18. The summed E-state index contributed by atoms with van der Waals surface area (Å²) in [5.74, 6) is 1.06. The number of piperazine rings is 1. The molecule has 6 heteroatoms. The van der Waals surface area contributed by atoms with Crippen molar-refractivity contribution in [2.24, 2.45) is 5.73 Å². The third-order valence-corrected chi connectivity index (χ3v) is 4.18. The Balaban J connectivity index is 1.67. The largest absolute Gasteiger partial charge is 0.369 e. The molecule has 0 aliphatic carbocycles. The summed E-state index contributed by atoms with van der Waals surface area (Å²) in [5, 5.41) is 3.94. The van der Waals surface area contributed by atoms with Gasteiger partial charge in [0.2, 0.25) is 11.7 Å². The maximum absolute atomic E-state index is 5.49. The number of anilines is 1. The van der Waals surface area contributed by atoms with Crippen LogP contribution in [0.25, 0.3) is 11.4 Å². The summed E-state index contributed by atoms with van der Waals surface area (Å²) < 4.78 is 5.05. The lowest BCUT2D eigenvalue weighted by Crippen LogP contribution is -2.48. The van der Waals surface area contributed by atoms with Crippen molar-refractivity contribution in [1.82, 2.24) is 15.0 Å². The predicted octanol–water partition coefficient (Wildman–Crippen LogP) is 1.73. The highest BCUT2D eigenvalue weighted by molar-refractivity contribution is 5.60. The molecule has 22 heavy (non-hydrogen) atoms. The Morgan fingerprint density at radius 3 is 2.36 bits per heavy atom. The van der Waals surface area contributed by atoms with Crippen molar-refractivity contribution >= 4 is 5.69 Å².